The van der Waals surface area contributed by atoms with E-state index in [1.165, 1.54) is 0 Å². The third-order valence-corrected chi connectivity index (χ3v) is 4.48. The zero-order valence-corrected chi connectivity index (χ0v) is 14.3. The fourth-order valence-electron chi connectivity index (χ4n) is 3.05. The summed E-state index contributed by atoms with van der Waals surface area (Å²) in [4.78, 5) is 29.5. The van der Waals surface area contributed by atoms with Crippen molar-refractivity contribution in [2.24, 2.45) is 0 Å². The van der Waals surface area contributed by atoms with Gasteiger partial charge in [-0.2, -0.15) is 0 Å². The molecule has 1 amide bonds. The topological polar surface area (TPSA) is 62.2 Å². The molecule has 0 radical (unpaired) electrons. The maximum absolute atomic E-state index is 12.4. The lowest BCUT2D eigenvalue weighted by Gasteiger charge is -2.35. The molecule has 1 fully saturated rings. The Morgan fingerprint density at radius 2 is 1.69 bits per heavy atom. The summed E-state index contributed by atoms with van der Waals surface area (Å²) in [6.45, 7) is 3.04. The largest absolute Gasteiger partial charge is 0.368 e. The fraction of sp³-hybridized carbons (Fsp3) is 0.200. The molecule has 6 nitrogen and oxygen atoms in total. The van der Waals surface area contributed by atoms with E-state index in [2.05, 4.69) is 19.9 Å². The highest BCUT2D eigenvalue weighted by Crippen LogP contribution is 2.15. The Morgan fingerprint density at radius 3 is 2.46 bits per heavy atom. The number of pyridine rings is 1. The van der Waals surface area contributed by atoms with Crippen molar-refractivity contribution in [3.05, 3.63) is 66.8 Å². The number of hydrogen-bond donors (Lipinski definition) is 0. The molecule has 3 heterocycles. The van der Waals surface area contributed by atoms with Crippen LogP contribution in [0.4, 0.5) is 5.69 Å². The molecule has 1 saturated heterocycles. The Balaban J connectivity index is 1.38. The third-order valence-electron chi connectivity index (χ3n) is 4.48. The van der Waals surface area contributed by atoms with E-state index >= 15 is 0 Å². The maximum atomic E-state index is 12.4. The predicted molar refractivity (Wildman–Crippen MR) is 102 cm³/mol. The van der Waals surface area contributed by atoms with Gasteiger partial charge >= 0.3 is 0 Å². The number of rotatable bonds is 3. The minimum absolute atomic E-state index is 0.00865. The molecule has 0 bridgehead atoms. The first-order chi connectivity index (χ1) is 12.8. The predicted octanol–water partition coefficient (Wildman–Crippen LogP) is 2.39. The molecule has 4 rings (SSSR count). The minimum Gasteiger partial charge on any atom is -0.368 e. The van der Waals surface area contributed by atoms with Crippen molar-refractivity contribution in [1.82, 2.24) is 19.9 Å². The average molecular weight is 345 g/mol. The van der Waals surface area contributed by atoms with Crippen LogP contribution < -0.4 is 4.90 Å². The molecule has 0 atom stereocenters. The number of anilines is 1. The van der Waals surface area contributed by atoms with Crippen LogP contribution in [0.25, 0.3) is 17.1 Å². The SMILES string of the molecule is O=C(/C=C/c1cnc2ccccc2n1)N1CCN(c2ccncc2)CC1. The van der Waals surface area contributed by atoms with Crippen molar-refractivity contribution >= 4 is 28.7 Å². The highest BCUT2D eigenvalue weighted by Gasteiger charge is 2.19. The number of piperazine rings is 1. The molecule has 0 N–H and O–H groups in total. The van der Waals surface area contributed by atoms with E-state index in [4.69, 9.17) is 0 Å². The zero-order chi connectivity index (χ0) is 17.8. The Labute approximate surface area is 151 Å². The first kappa shape index (κ1) is 16.2. The maximum Gasteiger partial charge on any atom is 0.246 e. The van der Waals surface area contributed by atoms with Crippen LogP contribution in [0, 0.1) is 0 Å². The van der Waals surface area contributed by atoms with Crippen molar-refractivity contribution in [2.75, 3.05) is 31.1 Å². The number of nitrogens with zero attached hydrogens (tertiary/aromatic N) is 5. The second kappa shape index (κ2) is 7.31. The summed E-state index contributed by atoms with van der Waals surface area (Å²) >= 11 is 0. The number of carbonyl (C=O) groups is 1. The van der Waals surface area contributed by atoms with Gasteiger partial charge in [-0.1, -0.05) is 12.1 Å². The Bertz CT molecular complexity index is 933. The standard InChI is InChI=1S/C20H19N5O/c26-20(6-5-16-15-22-18-3-1-2-4-19(18)23-16)25-13-11-24(12-14-25)17-7-9-21-10-8-17/h1-10,15H,11-14H2/b6-5+. The summed E-state index contributed by atoms with van der Waals surface area (Å²) in [6.07, 6.45) is 8.59. The molecule has 26 heavy (non-hydrogen) atoms. The van der Waals surface area contributed by atoms with E-state index in [0.717, 1.165) is 29.8 Å². The number of hydrogen-bond acceptors (Lipinski definition) is 5. The molecule has 0 aliphatic carbocycles. The minimum atomic E-state index is 0.00865. The van der Waals surface area contributed by atoms with Crippen molar-refractivity contribution in [2.45, 2.75) is 0 Å². The number of amides is 1. The summed E-state index contributed by atoms with van der Waals surface area (Å²) in [5, 5.41) is 0. The average Bonchev–Trinajstić information content (AvgIpc) is 2.72. The van der Waals surface area contributed by atoms with Gasteiger partial charge in [0.1, 0.15) is 0 Å². The van der Waals surface area contributed by atoms with E-state index < -0.39 is 0 Å². The second-order valence-corrected chi connectivity index (χ2v) is 6.13. The fourth-order valence-corrected chi connectivity index (χ4v) is 3.05. The number of carbonyl (C=O) groups excluding carboxylic acids is 1. The lowest BCUT2D eigenvalue weighted by Crippen LogP contribution is -2.48. The van der Waals surface area contributed by atoms with E-state index in [1.54, 1.807) is 30.7 Å². The van der Waals surface area contributed by atoms with E-state index in [9.17, 15) is 4.79 Å². The Hall–Kier alpha value is -3.28. The molecule has 0 spiro atoms. The third kappa shape index (κ3) is 3.54. The highest BCUT2D eigenvalue weighted by atomic mass is 16.2. The molecular weight excluding hydrogens is 326 g/mol. The number of aromatic nitrogens is 3. The molecular formula is C20H19N5O. The second-order valence-electron chi connectivity index (χ2n) is 6.13. The van der Waals surface area contributed by atoms with Crippen molar-refractivity contribution in [3.8, 4) is 0 Å². The molecule has 6 heteroatoms. The molecule has 1 aliphatic rings. The number of fused-ring (bicyclic) bond motifs is 1. The molecule has 3 aromatic rings. The highest BCUT2D eigenvalue weighted by molar-refractivity contribution is 5.92. The monoisotopic (exact) mass is 345 g/mol. The molecule has 2 aromatic heterocycles. The molecule has 0 unspecified atom stereocenters. The quantitative estimate of drug-likeness (QED) is 0.682. The first-order valence-corrected chi connectivity index (χ1v) is 8.63. The van der Waals surface area contributed by atoms with Crippen molar-refractivity contribution in [1.29, 1.82) is 0 Å². The molecule has 0 saturated carbocycles. The van der Waals surface area contributed by atoms with E-state index in [-0.39, 0.29) is 5.91 Å². The summed E-state index contributed by atoms with van der Waals surface area (Å²) < 4.78 is 0. The van der Waals surface area contributed by atoms with Crippen LogP contribution in [-0.4, -0.2) is 51.9 Å². The Kier molecular flexibility index (Phi) is 4.55. The van der Waals surface area contributed by atoms with E-state index in [1.807, 2.05) is 41.3 Å². The summed E-state index contributed by atoms with van der Waals surface area (Å²) in [7, 11) is 0. The van der Waals surface area contributed by atoms with Crippen LogP contribution in [0.5, 0.6) is 0 Å². The van der Waals surface area contributed by atoms with Crippen LogP contribution in [0.2, 0.25) is 0 Å². The van der Waals surface area contributed by atoms with Crippen LogP contribution in [-0.2, 0) is 4.79 Å². The van der Waals surface area contributed by atoms with Gasteiger partial charge in [-0.25, -0.2) is 4.98 Å². The lowest BCUT2D eigenvalue weighted by molar-refractivity contribution is -0.126. The van der Waals surface area contributed by atoms with Gasteiger partial charge in [0.2, 0.25) is 5.91 Å². The van der Waals surface area contributed by atoms with Gasteiger partial charge in [-0.15, -0.1) is 0 Å². The van der Waals surface area contributed by atoms with Gasteiger partial charge < -0.3 is 9.80 Å². The van der Waals surface area contributed by atoms with Crippen molar-refractivity contribution < 1.29 is 4.79 Å². The van der Waals surface area contributed by atoms with Crippen LogP contribution in [0.15, 0.2) is 61.1 Å². The smallest absolute Gasteiger partial charge is 0.246 e. The van der Waals surface area contributed by atoms with Gasteiger partial charge in [0, 0.05) is 50.3 Å². The molecule has 1 aromatic carbocycles. The van der Waals surface area contributed by atoms with Gasteiger partial charge in [-0.05, 0) is 30.3 Å². The van der Waals surface area contributed by atoms with E-state index in [0.29, 0.717) is 18.8 Å². The summed E-state index contributed by atoms with van der Waals surface area (Å²) in [5.74, 6) is 0.00865. The normalized spacial score (nSPS) is 14.9. The number of para-hydroxylation sites is 2. The molecule has 1 aliphatic heterocycles. The van der Waals surface area contributed by atoms with Crippen LogP contribution >= 0.6 is 0 Å². The molecule has 130 valence electrons. The first-order valence-electron chi connectivity index (χ1n) is 8.63. The summed E-state index contributed by atoms with van der Waals surface area (Å²) in [5.41, 5.74) is 3.51. The van der Waals surface area contributed by atoms with Gasteiger partial charge in [0.15, 0.2) is 0 Å². The van der Waals surface area contributed by atoms with Gasteiger partial charge in [0.05, 0.1) is 22.9 Å². The Morgan fingerprint density at radius 1 is 0.962 bits per heavy atom. The lowest BCUT2D eigenvalue weighted by atomic mass is 10.2. The van der Waals surface area contributed by atoms with Gasteiger partial charge in [-0.3, -0.25) is 14.8 Å². The van der Waals surface area contributed by atoms with Crippen LogP contribution in [0.1, 0.15) is 5.69 Å². The zero-order valence-electron chi connectivity index (χ0n) is 14.3. The number of benzene rings is 1. The van der Waals surface area contributed by atoms with Gasteiger partial charge in [0.25, 0.3) is 0 Å². The van der Waals surface area contributed by atoms with Crippen LogP contribution in [0.3, 0.4) is 0 Å². The summed E-state index contributed by atoms with van der Waals surface area (Å²) in [6, 6.07) is 11.7. The van der Waals surface area contributed by atoms with Crippen molar-refractivity contribution in [3.63, 3.8) is 0 Å².